The summed E-state index contributed by atoms with van der Waals surface area (Å²) in [6, 6.07) is 13.4. The van der Waals surface area contributed by atoms with E-state index in [1.165, 1.54) is 12.1 Å². The Hall–Kier alpha value is -2.01. The van der Waals surface area contributed by atoms with E-state index in [-0.39, 0.29) is 12.3 Å². The zero-order valence-corrected chi connectivity index (χ0v) is 13.7. The van der Waals surface area contributed by atoms with Crippen LogP contribution in [0.15, 0.2) is 48.5 Å². The van der Waals surface area contributed by atoms with Crippen LogP contribution in [0.1, 0.15) is 36.3 Å². The second kappa shape index (κ2) is 6.48. The topological polar surface area (TPSA) is 12.5 Å². The van der Waals surface area contributed by atoms with Crippen LogP contribution >= 0.6 is 0 Å². The first-order chi connectivity index (χ1) is 11.4. The number of hydrogen-bond donors (Lipinski definition) is 0. The molecule has 3 rings (SSSR count). The van der Waals surface area contributed by atoms with Crippen molar-refractivity contribution in [3.63, 3.8) is 0 Å². The maximum Gasteiger partial charge on any atom is 0.416 e. The Labute approximate surface area is 139 Å². The molecule has 0 aliphatic carbocycles. The van der Waals surface area contributed by atoms with Crippen molar-refractivity contribution in [2.75, 3.05) is 11.4 Å². The number of nitrogens with zero attached hydrogens (tertiary/aromatic N) is 1. The van der Waals surface area contributed by atoms with Crippen molar-refractivity contribution in [3.05, 3.63) is 65.2 Å². The monoisotopic (exact) mass is 335 g/mol. The van der Waals surface area contributed by atoms with Gasteiger partial charge >= 0.3 is 6.18 Å². The van der Waals surface area contributed by atoms with E-state index in [1.54, 1.807) is 6.07 Å². The molecule has 2 nitrogen and oxygen atoms in total. The summed E-state index contributed by atoms with van der Waals surface area (Å²) < 4.78 is 45.2. The molecule has 128 valence electrons. The van der Waals surface area contributed by atoms with Crippen molar-refractivity contribution in [1.82, 2.24) is 0 Å². The van der Waals surface area contributed by atoms with E-state index in [4.69, 9.17) is 4.74 Å². The maximum atomic E-state index is 13.0. The summed E-state index contributed by atoms with van der Waals surface area (Å²) in [4.78, 5) is 1.91. The SMILES string of the molecule is CCC1CN(c2cccc(C(F)(F)F)c2)C(c2cccc(C)c2)O1. The first-order valence-electron chi connectivity index (χ1n) is 8.04. The van der Waals surface area contributed by atoms with Crippen molar-refractivity contribution in [2.24, 2.45) is 0 Å². The fourth-order valence-corrected chi connectivity index (χ4v) is 3.02. The molecule has 5 heteroatoms. The lowest BCUT2D eigenvalue weighted by molar-refractivity contribution is -0.137. The van der Waals surface area contributed by atoms with Crippen LogP contribution in [-0.4, -0.2) is 12.6 Å². The largest absolute Gasteiger partial charge is 0.416 e. The first kappa shape index (κ1) is 16.8. The predicted octanol–water partition coefficient (Wildman–Crippen LogP) is 5.33. The first-order valence-corrected chi connectivity index (χ1v) is 8.04. The van der Waals surface area contributed by atoms with Gasteiger partial charge in [-0.25, -0.2) is 0 Å². The van der Waals surface area contributed by atoms with Crippen molar-refractivity contribution >= 4 is 5.69 Å². The van der Waals surface area contributed by atoms with E-state index in [9.17, 15) is 13.2 Å². The molecule has 1 aliphatic rings. The third-order valence-electron chi connectivity index (χ3n) is 4.29. The molecule has 0 amide bonds. The van der Waals surface area contributed by atoms with Gasteiger partial charge < -0.3 is 9.64 Å². The Morgan fingerprint density at radius 1 is 1.12 bits per heavy atom. The Bertz CT molecular complexity index is 714. The quantitative estimate of drug-likeness (QED) is 0.752. The van der Waals surface area contributed by atoms with Crippen LogP contribution in [0.25, 0.3) is 0 Å². The third-order valence-corrected chi connectivity index (χ3v) is 4.29. The second-order valence-electron chi connectivity index (χ2n) is 6.13. The van der Waals surface area contributed by atoms with Crippen molar-refractivity contribution in [3.8, 4) is 0 Å². The highest BCUT2D eigenvalue weighted by Gasteiger charge is 2.35. The van der Waals surface area contributed by atoms with E-state index in [0.29, 0.717) is 12.2 Å². The molecule has 2 unspecified atom stereocenters. The van der Waals surface area contributed by atoms with E-state index in [1.807, 2.05) is 43.0 Å². The molecule has 2 aromatic rings. The van der Waals surface area contributed by atoms with Crippen molar-refractivity contribution in [2.45, 2.75) is 38.8 Å². The molecule has 0 spiro atoms. The molecule has 1 aliphatic heterocycles. The van der Waals surface area contributed by atoms with Crippen LogP contribution < -0.4 is 4.90 Å². The minimum absolute atomic E-state index is 0.00468. The molecule has 0 N–H and O–H groups in total. The van der Waals surface area contributed by atoms with Crippen LogP contribution in [0.4, 0.5) is 18.9 Å². The van der Waals surface area contributed by atoms with Crippen molar-refractivity contribution < 1.29 is 17.9 Å². The lowest BCUT2D eigenvalue weighted by atomic mass is 10.1. The summed E-state index contributed by atoms with van der Waals surface area (Å²) in [5.74, 6) is 0. The van der Waals surface area contributed by atoms with Gasteiger partial charge in [0.2, 0.25) is 0 Å². The van der Waals surface area contributed by atoms with Crippen LogP contribution in [0.2, 0.25) is 0 Å². The fourth-order valence-electron chi connectivity index (χ4n) is 3.02. The van der Waals surface area contributed by atoms with Gasteiger partial charge in [0, 0.05) is 17.8 Å². The number of halogens is 3. The Kier molecular flexibility index (Phi) is 4.54. The molecule has 1 saturated heterocycles. The highest BCUT2D eigenvalue weighted by Crippen LogP contribution is 2.38. The van der Waals surface area contributed by atoms with Gasteiger partial charge in [-0.15, -0.1) is 0 Å². The minimum atomic E-state index is -4.35. The van der Waals surface area contributed by atoms with E-state index in [0.717, 1.165) is 23.6 Å². The van der Waals surface area contributed by atoms with Gasteiger partial charge in [0.05, 0.1) is 11.7 Å². The summed E-state index contributed by atoms with van der Waals surface area (Å²) in [7, 11) is 0. The number of anilines is 1. The van der Waals surface area contributed by atoms with Gasteiger partial charge in [0.15, 0.2) is 6.23 Å². The Morgan fingerprint density at radius 3 is 2.54 bits per heavy atom. The molecule has 0 aromatic heterocycles. The molecule has 1 fully saturated rings. The average molecular weight is 335 g/mol. The zero-order valence-electron chi connectivity index (χ0n) is 13.7. The van der Waals surface area contributed by atoms with E-state index in [2.05, 4.69) is 0 Å². The van der Waals surface area contributed by atoms with Gasteiger partial charge in [-0.1, -0.05) is 42.8 Å². The number of benzene rings is 2. The number of alkyl halides is 3. The molecule has 1 heterocycles. The summed E-state index contributed by atoms with van der Waals surface area (Å²) in [5, 5.41) is 0. The summed E-state index contributed by atoms with van der Waals surface area (Å²) in [5.41, 5.74) is 1.96. The second-order valence-corrected chi connectivity index (χ2v) is 6.13. The maximum absolute atomic E-state index is 13.0. The number of ether oxygens (including phenoxy) is 1. The highest BCUT2D eigenvalue weighted by molar-refractivity contribution is 5.52. The average Bonchev–Trinajstić information content (AvgIpc) is 2.99. The summed E-state index contributed by atoms with van der Waals surface area (Å²) >= 11 is 0. The number of rotatable bonds is 3. The summed E-state index contributed by atoms with van der Waals surface area (Å²) in [6.07, 6.45) is -3.89. The van der Waals surface area contributed by atoms with Crippen molar-refractivity contribution in [1.29, 1.82) is 0 Å². The lowest BCUT2D eigenvalue weighted by Crippen LogP contribution is -2.24. The molecule has 0 radical (unpaired) electrons. The molecule has 2 atom stereocenters. The van der Waals surface area contributed by atoms with Crippen LogP contribution in [0.5, 0.6) is 0 Å². The summed E-state index contributed by atoms with van der Waals surface area (Å²) in [6.45, 7) is 4.59. The lowest BCUT2D eigenvalue weighted by Gasteiger charge is -2.26. The molecule has 2 aromatic carbocycles. The normalized spacial score (nSPS) is 21.3. The minimum Gasteiger partial charge on any atom is -0.349 e. The highest BCUT2D eigenvalue weighted by atomic mass is 19.4. The van der Waals surface area contributed by atoms with Gasteiger partial charge in [-0.2, -0.15) is 13.2 Å². The third kappa shape index (κ3) is 3.41. The van der Waals surface area contributed by atoms with E-state index >= 15 is 0 Å². The molecular formula is C19H20F3NO. The smallest absolute Gasteiger partial charge is 0.349 e. The van der Waals surface area contributed by atoms with Crippen LogP contribution in [-0.2, 0) is 10.9 Å². The standard InChI is InChI=1S/C19H20F3NO/c1-3-17-12-23(16-9-5-8-15(11-16)19(20,21)22)18(24-17)14-7-4-6-13(2)10-14/h4-11,17-18H,3,12H2,1-2H3. The van der Waals surface area contributed by atoms with Gasteiger partial charge in [0.25, 0.3) is 0 Å². The number of hydrogen-bond acceptors (Lipinski definition) is 2. The van der Waals surface area contributed by atoms with E-state index < -0.39 is 11.7 Å². The van der Waals surface area contributed by atoms with Crippen LogP contribution in [0, 0.1) is 6.92 Å². The van der Waals surface area contributed by atoms with Gasteiger partial charge in [-0.05, 0) is 31.5 Å². The van der Waals surface area contributed by atoms with Crippen LogP contribution in [0.3, 0.4) is 0 Å². The van der Waals surface area contributed by atoms with Gasteiger partial charge in [0.1, 0.15) is 0 Å². The Morgan fingerprint density at radius 2 is 1.88 bits per heavy atom. The number of aryl methyl sites for hydroxylation is 1. The predicted molar refractivity (Wildman–Crippen MR) is 87.9 cm³/mol. The Balaban J connectivity index is 1.98. The zero-order chi connectivity index (χ0) is 17.3. The molecule has 24 heavy (non-hydrogen) atoms. The molecular weight excluding hydrogens is 315 g/mol. The van der Waals surface area contributed by atoms with Gasteiger partial charge in [-0.3, -0.25) is 0 Å². The molecule has 0 saturated carbocycles. The fraction of sp³-hybridized carbons (Fsp3) is 0.368. The molecule has 0 bridgehead atoms.